The summed E-state index contributed by atoms with van der Waals surface area (Å²) in [7, 11) is 0. The first-order valence-electron chi connectivity index (χ1n) is 7.56. The number of piperidine rings is 1. The number of hydrogen-bond donors (Lipinski definition) is 1. The molecule has 0 radical (unpaired) electrons. The van der Waals surface area contributed by atoms with Gasteiger partial charge < -0.3 is 0 Å². The van der Waals surface area contributed by atoms with E-state index in [9.17, 15) is 4.79 Å². The Hall–Kier alpha value is -0.570. The number of amides is 1. The van der Waals surface area contributed by atoms with Gasteiger partial charge in [0.2, 0.25) is 0 Å². The van der Waals surface area contributed by atoms with Crippen molar-refractivity contribution in [2.75, 3.05) is 18.1 Å². The number of alkyl halides is 1. The van der Waals surface area contributed by atoms with Gasteiger partial charge in [-0.2, -0.15) is 5.10 Å². The molecule has 23 heavy (non-hydrogen) atoms. The maximum Gasteiger partial charge on any atom is 0.281 e. The highest BCUT2D eigenvalue weighted by Gasteiger charge is 2.31. The third-order valence-corrected chi connectivity index (χ3v) is 5.40. The van der Waals surface area contributed by atoms with Gasteiger partial charge in [0.25, 0.3) is 5.91 Å². The van der Waals surface area contributed by atoms with Gasteiger partial charge in [-0.3, -0.25) is 15.2 Å². The number of benzene rings is 1. The van der Waals surface area contributed by atoms with Crippen LogP contribution in [-0.4, -0.2) is 33.8 Å². The topological polar surface area (TPSA) is 47.9 Å². The minimum atomic E-state index is -0.124. The number of rotatable bonds is 3. The van der Waals surface area contributed by atoms with E-state index in [1.807, 2.05) is 11.1 Å². The highest BCUT2D eigenvalue weighted by atomic mass is 127. The maximum atomic E-state index is 12.4. The Kier molecular flexibility index (Phi) is 5.66. The fraction of sp³-hybridized carbons (Fsp3) is 0.467. The molecule has 1 aromatic carbocycles. The number of carbonyl (C=O) groups excluding carboxylic acids is 1. The fourth-order valence-electron chi connectivity index (χ4n) is 2.70. The van der Waals surface area contributed by atoms with Crippen molar-refractivity contribution < 1.29 is 4.79 Å². The lowest BCUT2D eigenvalue weighted by Gasteiger charge is -2.26. The van der Waals surface area contributed by atoms with Gasteiger partial charge in [-0.15, -0.1) is 0 Å². The van der Waals surface area contributed by atoms with Crippen molar-refractivity contribution in [3.8, 4) is 0 Å². The molecule has 5 nitrogen and oxygen atoms in total. The summed E-state index contributed by atoms with van der Waals surface area (Å²) in [5.41, 5.74) is 4.25. The largest absolute Gasteiger partial charge is 0.284 e. The zero-order chi connectivity index (χ0) is 16.4. The van der Waals surface area contributed by atoms with Crippen LogP contribution in [0, 0.1) is 0 Å². The summed E-state index contributed by atoms with van der Waals surface area (Å²) in [6.45, 7) is 1.80. The van der Waals surface area contributed by atoms with Crippen molar-refractivity contribution in [2.45, 2.75) is 29.7 Å². The standard InChI is InChI=1S/C15H17Cl2IN4O/c16-10-4-5-13(11(17)8-10)22-14(18)9-12(19-22)15(23)20-21-6-2-1-3-7-21/h4-5,8,14H,1-3,6-7,9H2,(H,20,23)/t14-/m0/s1. The van der Waals surface area contributed by atoms with Gasteiger partial charge in [0.05, 0.1) is 10.7 Å². The number of hydrogen-bond acceptors (Lipinski definition) is 4. The van der Waals surface area contributed by atoms with Gasteiger partial charge in [0.15, 0.2) is 0 Å². The van der Waals surface area contributed by atoms with Gasteiger partial charge in [-0.25, -0.2) is 5.01 Å². The number of nitrogens with one attached hydrogen (secondary N) is 1. The summed E-state index contributed by atoms with van der Waals surface area (Å²) < 4.78 is 0.0494. The lowest BCUT2D eigenvalue weighted by molar-refractivity contribution is -0.119. The molecule has 3 rings (SSSR count). The van der Waals surface area contributed by atoms with Gasteiger partial charge in [-0.1, -0.05) is 52.2 Å². The molecule has 1 fully saturated rings. The Morgan fingerprint density at radius 1 is 1.26 bits per heavy atom. The predicted molar refractivity (Wildman–Crippen MR) is 102 cm³/mol. The Morgan fingerprint density at radius 3 is 2.70 bits per heavy atom. The summed E-state index contributed by atoms with van der Waals surface area (Å²) in [6, 6.07) is 5.28. The normalized spacial score (nSPS) is 22.1. The molecule has 0 bridgehead atoms. The number of nitrogens with zero attached hydrogens (tertiary/aromatic N) is 3. The number of anilines is 1. The van der Waals surface area contributed by atoms with Crippen molar-refractivity contribution in [3.05, 3.63) is 28.2 Å². The van der Waals surface area contributed by atoms with Crippen molar-refractivity contribution >= 4 is 63.1 Å². The van der Waals surface area contributed by atoms with Crippen LogP contribution >= 0.6 is 45.8 Å². The van der Waals surface area contributed by atoms with Crippen LogP contribution in [0.5, 0.6) is 0 Å². The van der Waals surface area contributed by atoms with E-state index in [1.165, 1.54) is 6.42 Å². The molecule has 2 heterocycles. The van der Waals surface area contributed by atoms with E-state index < -0.39 is 0 Å². The maximum absolute atomic E-state index is 12.4. The molecular weight excluding hydrogens is 450 g/mol. The molecule has 0 saturated carbocycles. The molecule has 2 aliphatic rings. The van der Waals surface area contributed by atoms with Crippen molar-refractivity contribution in [2.24, 2.45) is 5.10 Å². The minimum absolute atomic E-state index is 0.0494. The number of hydrazone groups is 1. The molecular formula is C15H17Cl2IN4O. The van der Waals surface area contributed by atoms with E-state index in [1.54, 1.807) is 17.1 Å². The van der Waals surface area contributed by atoms with Crippen LogP contribution in [0.4, 0.5) is 5.69 Å². The second kappa shape index (κ2) is 7.55. The van der Waals surface area contributed by atoms with E-state index in [0.717, 1.165) is 31.6 Å². The van der Waals surface area contributed by atoms with E-state index in [4.69, 9.17) is 23.2 Å². The summed E-state index contributed by atoms with van der Waals surface area (Å²) in [5, 5.41) is 9.34. The zero-order valence-electron chi connectivity index (χ0n) is 12.4. The molecule has 1 saturated heterocycles. The van der Waals surface area contributed by atoms with Crippen LogP contribution in [0.25, 0.3) is 0 Å². The molecule has 1 amide bonds. The number of hydrazine groups is 1. The first kappa shape index (κ1) is 17.3. The smallest absolute Gasteiger partial charge is 0.281 e. The van der Waals surface area contributed by atoms with Gasteiger partial charge in [0.1, 0.15) is 9.76 Å². The average molecular weight is 467 g/mol. The van der Waals surface area contributed by atoms with E-state index in [2.05, 4.69) is 33.1 Å². The third-order valence-electron chi connectivity index (χ3n) is 3.89. The molecule has 0 aliphatic carbocycles. The molecule has 2 aliphatic heterocycles. The molecule has 0 spiro atoms. The third kappa shape index (κ3) is 4.10. The lowest BCUT2D eigenvalue weighted by Crippen LogP contribution is -2.47. The van der Waals surface area contributed by atoms with Crippen molar-refractivity contribution in [3.63, 3.8) is 0 Å². The van der Waals surface area contributed by atoms with E-state index in [0.29, 0.717) is 22.2 Å². The first-order chi connectivity index (χ1) is 11.0. The monoisotopic (exact) mass is 466 g/mol. The predicted octanol–water partition coefficient (Wildman–Crippen LogP) is 3.84. The number of halogens is 3. The van der Waals surface area contributed by atoms with Crippen molar-refractivity contribution in [1.82, 2.24) is 10.4 Å². The minimum Gasteiger partial charge on any atom is -0.284 e. The summed E-state index contributed by atoms with van der Waals surface area (Å²) in [6.07, 6.45) is 4.05. The molecule has 1 atom stereocenters. The number of carbonyl (C=O) groups is 1. The van der Waals surface area contributed by atoms with E-state index in [-0.39, 0.29) is 9.96 Å². The quantitative estimate of drug-likeness (QED) is 0.418. The Bertz CT molecular complexity index is 634. The van der Waals surface area contributed by atoms with Crippen LogP contribution in [0.15, 0.2) is 23.3 Å². The second-order valence-corrected chi connectivity index (χ2v) is 7.90. The Balaban J connectivity index is 1.72. The summed E-state index contributed by atoms with van der Waals surface area (Å²) in [4.78, 5) is 12.4. The van der Waals surface area contributed by atoms with Crippen LogP contribution < -0.4 is 10.4 Å². The second-order valence-electron chi connectivity index (χ2n) is 5.61. The first-order valence-corrected chi connectivity index (χ1v) is 9.56. The molecule has 1 N–H and O–H groups in total. The van der Waals surface area contributed by atoms with E-state index >= 15 is 0 Å². The highest BCUT2D eigenvalue weighted by molar-refractivity contribution is 14.1. The van der Waals surface area contributed by atoms with Crippen LogP contribution in [0.2, 0.25) is 10.0 Å². The van der Waals surface area contributed by atoms with Gasteiger partial charge in [0, 0.05) is 24.5 Å². The summed E-state index contributed by atoms with van der Waals surface area (Å²) >= 11 is 14.5. The van der Waals surface area contributed by atoms with Gasteiger partial charge in [-0.05, 0) is 31.0 Å². The fourth-order valence-corrected chi connectivity index (χ4v) is 4.04. The SMILES string of the molecule is O=C(NN1CCCCC1)C1=NN(c2ccc(Cl)cc2Cl)[C@H](I)C1. The van der Waals surface area contributed by atoms with Crippen LogP contribution in [0.3, 0.4) is 0 Å². The zero-order valence-corrected chi connectivity index (χ0v) is 16.1. The molecule has 0 unspecified atom stereocenters. The summed E-state index contributed by atoms with van der Waals surface area (Å²) in [5.74, 6) is -0.124. The molecule has 8 heteroatoms. The highest BCUT2D eigenvalue weighted by Crippen LogP contribution is 2.35. The molecule has 1 aromatic rings. The molecule has 124 valence electrons. The van der Waals surface area contributed by atoms with Crippen molar-refractivity contribution in [1.29, 1.82) is 0 Å². The Morgan fingerprint density at radius 2 is 2.00 bits per heavy atom. The van der Waals surface area contributed by atoms with Crippen LogP contribution in [0.1, 0.15) is 25.7 Å². The Labute approximate surface area is 159 Å². The van der Waals surface area contributed by atoms with Gasteiger partial charge >= 0.3 is 0 Å². The lowest BCUT2D eigenvalue weighted by atomic mass is 10.2. The average Bonchev–Trinajstić information content (AvgIpc) is 2.90. The van der Waals surface area contributed by atoms with Crippen LogP contribution in [-0.2, 0) is 4.79 Å². The molecule has 0 aromatic heterocycles.